The van der Waals surface area contributed by atoms with Crippen molar-refractivity contribution in [3.05, 3.63) is 77.1 Å². The summed E-state index contributed by atoms with van der Waals surface area (Å²) in [6.45, 7) is 3.73. The lowest BCUT2D eigenvalue weighted by atomic mass is 10.1. The number of aromatic nitrogens is 4. The molecule has 0 saturated carbocycles. The molecule has 0 bridgehead atoms. The van der Waals surface area contributed by atoms with Gasteiger partial charge in [-0.25, -0.2) is 9.48 Å². The molecule has 1 saturated heterocycles. The van der Waals surface area contributed by atoms with Crippen LogP contribution in [0.1, 0.15) is 39.5 Å². The van der Waals surface area contributed by atoms with Gasteiger partial charge in [-0.1, -0.05) is 42.0 Å². The molecular weight excluding hydrogens is 408 g/mol. The smallest absolute Gasteiger partial charge is 0.337 e. The molecule has 2 atom stereocenters. The van der Waals surface area contributed by atoms with Gasteiger partial charge in [0.1, 0.15) is 6.33 Å². The minimum absolute atomic E-state index is 0.00877. The fourth-order valence-corrected chi connectivity index (χ4v) is 3.97. The Kier molecular flexibility index (Phi) is 6.55. The molecule has 1 aliphatic heterocycles. The minimum atomic E-state index is -0.371. The maximum atomic E-state index is 13.1. The Hall–Kier alpha value is -3.59. The molecule has 9 heteroatoms. The van der Waals surface area contributed by atoms with E-state index in [1.807, 2.05) is 43.3 Å². The van der Waals surface area contributed by atoms with Crippen molar-refractivity contribution in [1.82, 2.24) is 30.4 Å². The Morgan fingerprint density at radius 3 is 2.47 bits per heavy atom. The Bertz CT molecular complexity index is 1050. The fourth-order valence-electron chi connectivity index (χ4n) is 3.97. The van der Waals surface area contributed by atoms with E-state index < -0.39 is 0 Å². The number of likely N-dealkylation sites (tertiary alicyclic amines) is 1. The molecule has 3 aromatic rings. The van der Waals surface area contributed by atoms with Crippen molar-refractivity contribution in [3.63, 3.8) is 0 Å². The van der Waals surface area contributed by atoms with E-state index in [4.69, 9.17) is 4.74 Å². The topological polar surface area (TPSA) is 102 Å². The summed E-state index contributed by atoms with van der Waals surface area (Å²) in [5.74, 6) is -0.392. The molecule has 32 heavy (non-hydrogen) atoms. The second-order valence-electron chi connectivity index (χ2n) is 8.02. The number of ether oxygens (including phenoxy) is 1. The van der Waals surface area contributed by atoms with Gasteiger partial charge in [-0.2, -0.15) is 0 Å². The Labute approximate surface area is 186 Å². The van der Waals surface area contributed by atoms with Crippen LogP contribution in [0.3, 0.4) is 0 Å². The molecular formula is C23H26N6O3. The van der Waals surface area contributed by atoms with E-state index in [0.29, 0.717) is 31.6 Å². The van der Waals surface area contributed by atoms with Crippen molar-refractivity contribution in [2.75, 3.05) is 13.7 Å². The quantitative estimate of drug-likeness (QED) is 0.567. The molecule has 2 heterocycles. The maximum absolute atomic E-state index is 13.1. The summed E-state index contributed by atoms with van der Waals surface area (Å²) in [5.41, 5.74) is 3.75. The van der Waals surface area contributed by atoms with Crippen molar-refractivity contribution in [2.45, 2.75) is 38.5 Å². The maximum Gasteiger partial charge on any atom is 0.337 e. The zero-order valence-corrected chi connectivity index (χ0v) is 18.1. The van der Waals surface area contributed by atoms with E-state index in [-0.39, 0.29) is 24.0 Å². The van der Waals surface area contributed by atoms with Gasteiger partial charge in [0.15, 0.2) is 0 Å². The summed E-state index contributed by atoms with van der Waals surface area (Å²) in [7, 11) is 1.36. The van der Waals surface area contributed by atoms with Crippen LogP contribution in [0, 0.1) is 6.92 Å². The number of rotatable bonds is 7. The molecule has 0 aliphatic carbocycles. The monoisotopic (exact) mass is 434 g/mol. The second-order valence-corrected chi connectivity index (χ2v) is 8.02. The lowest BCUT2D eigenvalue weighted by molar-refractivity contribution is -0.125. The number of carbonyl (C=O) groups is 2. The van der Waals surface area contributed by atoms with Crippen LogP contribution in [0.25, 0.3) is 0 Å². The fraction of sp³-hybridized carbons (Fsp3) is 0.348. The molecule has 1 fully saturated rings. The van der Waals surface area contributed by atoms with Crippen LogP contribution in [0.4, 0.5) is 0 Å². The number of esters is 1. The zero-order valence-electron chi connectivity index (χ0n) is 18.1. The van der Waals surface area contributed by atoms with Gasteiger partial charge in [-0.15, -0.1) is 5.10 Å². The third kappa shape index (κ3) is 5.00. The van der Waals surface area contributed by atoms with E-state index in [1.165, 1.54) is 12.7 Å². The summed E-state index contributed by atoms with van der Waals surface area (Å²) < 4.78 is 6.47. The molecule has 1 N–H and O–H groups in total. The van der Waals surface area contributed by atoms with E-state index in [2.05, 4.69) is 25.7 Å². The summed E-state index contributed by atoms with van der Waals surface area (Å²) in [6, 6.07) is 15.1. The summed E-state index contributed by atoms with van der Waals surface area (Å²) in [4.78, 5) is 26.9. The van der Waals surface area contributed by atoms with Crippen LogP contribution in [0.15, 0.2) is 54.9 Å². The number of carbonyl (C=O) groups excluding carboxylic acids is 2. The summed E-state index contributed by atoms with van der Waals surface area (Å²) >= 11 is 0. The number of amides is 1. The van der Waals surface area contributed by atoms with Crippen LogP contribution < -0.4 is 5.32 Å². The first kappa shape index (κ1) is 21.6. The number of nitrogens with one attached hydrogen (secondary N) is 1. The van der Waals surface area contributed by atoms with Gasteiger partial charge in [0.2, 0.25) is 5.91 Å². The van der Waals surface area contributed by atoms with E-state index in [9.17, 15) is 9.59 Å². The van der Waals surface area contributed by atoms with Crippen molar-refractivity contribution in [1.29, 1.82) is 0 Å². The predicted octanol–water partition coefficient (Wildman–Crippen LogP) is 1.90. The van der Waals surface area contributed by atoms with Gasteiger partial charge < -0.3 is 10.1 Å². The molecule has 0 radical (unpaired) electrons. The minimum Gasteiger partial charge on any atom is -0.465 e. The Morgan fingerprint density at radius 1 is 1.09 bits per heavy atom. The van der Waals surface area contributed by atoms with Crippen molar-refractivity contribution in [3.8, 4) is 0 Å². The lowest BCUT2D eigenvalue weighted by Crippen LogP contribution is -2.42. The van der Waals surface area contributed by atoms with Gasteiger partial charge in [0, 0.05) is 19.6 Å². The van der Waals surface area contributed by atoms with Crippen LogP contribution in [0.5, 0.6) is 0 Å². The van der Waals surface area contributed by atoms with Gasteiger partial charge in [-0.3, -0.25) is 9.69 Å². The van der Waals surface area contributed by atoms with Crippen LogP contribution in [-0.4, -0.2) is 56.7 Å². The SMILES string of the molecule is COC(=O)c1ccc(CN2C[C@H](n3cnnn3)C[C@H]2C(=O)NCc2ccc(C)cc2)cc1. The normalized spacial score (nSPS) is 18.4. The molecule has 4 rings (SSSR count). The molecule has 1 aliphatic rings. The van der Waals surface area contributed by atoms with Gasteiger partial charge in [0.25, 0.3) is 0 Å². The number of aryl methyl sites for hydroxylation is 1. The highest BCUT2D eigenvalue weighted by Crippen LogP contribution is 2.28. The Balaban J connectivity index is 1.46. The lowest BCUT2D eigenvalue weighted by Gasteiger charge is -2.23. The number of hydrogen-bond acceptors (Lipinski definition) is 7. The molecule has 2 aromatic carbocycles. The van der Waals surface area contributed by atoms with E-state index >= 15 is 0 Å². The average Bonchev–Trinajstić information content (AvgIpc) is 3.49. The van der Waals surface area contributed by atoms with Crippen LogP contribution >= 0.6 is 0 Å². The van der Waals surface area contributed by atoms with E-state index in [1.54, 1.807) is 23.1 Å². The number of methoxy groups -OCH3 is 1. The highest BCUT2D eigenvalue weighted by molar-refractivity contribution is 5.89. The number of nitrogens with zero attached hydrogens (tertiary/aromatic N) is 5. The number of tetrazole rings is 1. The average molecular weight is 435 g/mol. The predicted molar refractivity (Wildman–Crippen MR) is 116 cm³/mol. The number of benzene rings is 2. The molecule has 166 valence electrons. The Morgan fingerprint density at radius 2 is 1.81 bits per heavy atom. The molecule has 9 nitrogen and oxygen atoms in total. The highest BCUT2D eigenvalue weighted by Gasteiger charge is 2.38. The summed E-state index contributed by atoms with van der Waals surface area (Å²) in [6.07, 6.45) is 2.20. The number of hydrogen-bond donors (Lipinski definition) is 1. The zero-order chi connectivity index (χ0) is 22.5. The largest absolute Gasteiger partial charge is 0.465 e. The van der Waals surface area contributed by atoms with Crippen molar-refractivity contribution >= 4 is 11.9 Å². The standard InChI is InChI=1S/C23H26N6O3/c1-16-3-5-17(6-4-16)12-24-22(30)21-11-20(29-15-25-26-27-29)14-28(21)13-18-7-9-19(10-8-18)23(31)32-2/h3-10,15,20-21H,11-14H2,1-2H3,(H,24,30)/t20-,21+/m1/s1. The first-order valence-electron chi connectivity index (χ1n) is 10.5. The van der Waals surface area contributed by atoms with E-state index in [0.717, 1.165) is 11.1 Å². The second kappa shape index (κ2) is 9.69. The first-order valence-corrected chi connectivity index (χ1v) is 10.5. The molecule has 1 aromatic heterocycles. The summed E-state index contributed by atoms with van der Waals surface area (Å²) in [5, 5.41) is 14.6. The third-order valence-corrected chi connectivity index (χ3v) is 5.77. The van der Waals surface area contributed by atoms with Gasteiger partial charge in [-0.05, 0) is 47.0 Å². The van der Waals surface area contributed by atoms with Crippen LogP contribution in [-0.2, 0) is 22.6 Å². The first-order chi connectivity index (χ1) is 15.5. The molecule has 0 spiro atoms. The van der Waals surface area contributed by atoms with Gasteiger partial charge in [0.05, 0.1) is 24.8 Å². The van der Waals surface area contributed by atoms with Crippen LogP contribution in [0.2, 0.25) is 0 Å². The third-order valence-electron chi connectivity index (χ3n) is 5.77. The molecule has 0 unspecified atom stereocenters. The van der Waals surface area contributed by atoms with Crippen molar-refractivity contribution in [2.24, 2.45) is 0 Å². The van der Waals surface area contributed by atoms with Gasteiger partial charge >= 0.3 is 5.97 Å². The van der Waals surface area contributed by atoms with Crippen molar-refractivity contribution < 1.29 is 14.3 Å². The molecule has 1 amide bonds. The highest BCUT2D eigenvalue weighted by atomic mass is 16.5.